The van der Waals surface area contributed by atoms with Crippen LogP contribution in [0.3, 0.4) is 0 Å². The first-order chi connectivity index (χ1) is 12.6. The molecule has 0 saturated heterocycles. The van der Waals surface area contributed by atoms with Crippen LogP contribution in [0.2, 0.25) is 0 Å². The van der Waals surface area contributed by atoms with Crippen LogP contribution in [-0.2, 0) is 6.61 Å². The lowest BCUT2D eigenvalue weighted by atomic mass is 10.2. The number of halogens is 1. The third-order valence-electron chi connectivity index (χ3n) is 3.42. The molecule has 9 heteroatoms. The molecule has 3 rings (SSSR count). The number of nitrogens with zero attached hydrogens (tertiary/aromatic N) is 3. The second kappa shape index (κ2) is 8.15. The highest BCUT2D eigenvalue weighted by atomic mass is 79.9. The number of aromatic amines is 1. The van der Waals surface area contributed by atoms with Crippen molar-refractivity contribution in [1.82, 2.24) is 14.9 Å². The van der Waals surface area contributed by atoms with Gasteiger partial charge in [0, 0.05) is 0 Å². The summed E-state index contributed by atoms with van der Waals surface area (Å²) in [6, 6.07) is 12.8. The summed E-state index contributed by atoms with van der Waals surface area (Å²) in [5.41, 5.74) is 0.713. The summed E-state index contributed by atoms with van der Waals surface area (Å²) in [6.45, 7) is 0.205. The number of phenolic OH excluding ortho intramolecular Hbond substituents is 1. The van der Waals surface area contributed by atoms with Crippen molar-refractivity contribution in [3.05, 3.63) is 63.1 Å². The number of aromatic nitrogens is 3. The predicted molar refractivity (Wildman–Crippen MR) is 104 cm³/mol. The molecular formula is C17H15BrN4O3S. The zero-order chi connectivity index (χ0) is 18.5. The summed E-state index contributed by atoms with van der Waals surface area (Å²) in [6.07, 6.45) is 1.59. The van der Waals surface area contributed by atoms with Crippen LogP contribution < -0.4 is 9.47 Å². The fraction of sp³-hybridized carbons (Fsp3) is 0.118. The standard InChI is InChI=1S/C17H15BrN4O3S/c1-24-14-8-11(7-13(18)16(14)23)9-19-22-15(20-21-17(22)26)10-25-12-5-3-2-4-6-12/h2-9,23H,10H2,1H3,(H,21,26)/b19-9-. The SMILES string of the molecule is COc1cc(/C=N\n2c(COc3ccccc3)n[nH]c2=S)cc(Br)c1O. The van der Waals surface area contributed by atoms with Crippen molar-refractivity contribution in [1.29, 1.82) is 0 Å². The Balaban J connectivity index is 1.82. The first-order valence-corrected chi connectivity index (χ1v) is 8.73. The fourth-order valence-corrected chi connectivity index (χ4v) is 2.81. The average Bonchev–Trinajstić information content (AvgIpc) is 3.01. The molecule has 0 aliphatic carbocycles. The Morgan fingerprint density at radius 3 is 2.85 bits per heavy atom. The van der Waals surface area contributed by atoms with Crippen molar-refractivity contribution in [2.45, 2.75) is 6.61 Å². The number of ether oxygens (including phenoxy) is 2. The maximum atomic E-state index is 9.87. The van der Waals surface area contributed by atoms with Gasteiger partial charge < -0.3 is 14.6 Å². The van der Waals surface area contributed by atoms with Crippen LogP contribution in [0.5, 0.6) is 17.2 Å². The number of H-pyrrole nitrogens is 1. The minimum atomic E-state index is 0.0292. The smallest absolute Gasteiger partial charge is 0.216 e. The molecule has 0 bridgehead atoms. The first kappa shape index (κ1) is 18.2. The van der Waals surface area contributed by atoms with Gasteiger partial charge in [-0.1, -0.05) is 18.2 Å². The van der Waals surface area contributed by atoms with Crippen LogP contribution in [-0.4, -0.2) is 33.3 Å². The van der Waals surface area contributed by atoms with E-state index in [-0.39, 0.29) is 12.4 Å². The zero-order valence-corrected chi connectivity index (χ0v) is 16.1. The summed E-state index contributed by atoms with van der Waals surface area (Å²) >= 11 is 8.49. The van der Waals surface area contributed by atoms with Gasteiger partial charge in [0.15, 0.2) is 17.3 Å². The Kier molecular flexibility index (Phi) is 5.69. The van der Waals surface area contributed by atoms with Crippen molar-refractivity contribution in [3.8, 4) is 17.2 Å². The molecule has 0 atom stereocenters. The summed E-state index contributed by atoms with van der Waals surface area (Å²) in [4.78, 5) is 0. The van der Waals surface area contributed by atoms with Crippen molar-refractivity contribution >= 4 is 34.4 Å². The Bertz CT molecular complexity index is 985. The second-order valence-electron chi connectivity index (χ2n) is 5.16. The minimum Gasteiger partial charge on any atom is -0.503 e. The van der Waals surface area contributed by atoms with E-state index in [1.165, 1.54) is 11.8 Å². The lowest BCUT2D eigenvalue weighted by molar-refractivity contribution is 0.290. The number of hydrogen-bond donors (Lipinski definition) is 2. The van der Waals surface area contributed by atoms with Gasteiger partial charge in [-0.3, -0.25) is 0 Å². The van der Waals surface area contributed by atoms with E-state index in [0.29, 0.717) is 26.4 Å². The van der Waals surface area contributed by atoms with E-state index in [4.69, 9.17) is 21.7 Å². The van der Waals surface area contributed by atoms with Crippen LogP contribution in [0.4, 0.5) is 0 Å². The lowest BCUT2D eigenvalue weighted by Gasteiger charge is -2.07. The third-order valence-corrected chi connectivity index (χ3v) is 4.29. The largest absolute Gasteiger partial charge is 0.503 e. The number of phenols is 1. The normalized spacial score (nSPS) is 11.0. The highest BCUT2D eigenvalue weighted by Gasteiger charge is 2.09. The molecule has 3 aromatic rings. The third kappa shape index (κ3) is 4.12. The van der Waals surface area contributed by atoms with Crippen molar-refractivity contribution in [3.63, 3.8) is 0 Å². The molecule has 0 spiro atoms. The van der Waals surface area contributed by atoms with E-state index in [0.717, 1.165) is 5.75 Å². The molecule has 0 aliphatic heterocycles. The summed E-state index contributed by atoms with van der Waals surface area (Å²) < 4.78 is 13.1. The molecule has 0 amide bonds. The van der Waals surface area contributed by atoms with E-state index in [1.807, 2.05) is 30.3 Å². The number of nitrogens with one attached hydrogen (secondary N) is 1. The minimum absolute atomic E-state index is 0.0292. The molecule has 1 heterocycles. The number of para-hydroxylation sites is 1. The molecule has 2 N–H and O–H groups in total. The van der Waals surface area contributed by atoms with Crippen molar-refractivity contribution in [2.75, 3.05) is 7.11 Å². The average molecular weight is 435 g/mol. The molecule has 26 heavy (non-hydrogen) atoms. The van der Waals surface area contributed by atoms with Crippen LogP contribution >= 0.6 is 28.1 Å². The molecule has 0 radical (unpaired) electrons. The van der Waals surface area contributed by atoms with Gasteiger partial charge in [-0.25, -0.2) is 5.10 Å². The van der Waals surface area contributed by atoms with Gasteiger partial charge in [-0.15, -0.1) is 0 Å². The number of benzene rings is 2. The quantitative estimate of drug-likeness (QED) is 0.454. The lowest BCUT2D eigenvalue weighted by Crippen LogP contribution is -2.04. The molecule has 0 unspecified atom stereocenters. The van der Waals surface area contributed by atoms with Gasteiger partial charge in [0.05, 0.1) is 17.8 Å². The van der Waals surface area contributed by atoms with Gasteiger partial charge in [0.1, 0.15) is 12.4 Å². The maximum Gasteiger partial charge on any atom is 0.216 e. The number of methoxy groups -OCH3 is 1. The van der Waals surface area contributed by atoms with Gasteiger partial charge >= 0.3 is 0 Å². The molecule has 0 saturated carbocycles. The van der Waals surface area contributed by atoms with Crippen LogP contribution in [0.15, 0.2) is 52.0 Å². The van der Waals surface area contributed by atoms with Crippen LogP contribution in [0.1, 0.15) is 11.4 Å². The highest BCUT2D eigenvalue weighted by molar-refractivity contribution is 9.10. The van der Waals surface area contributed by atoms with E-state index in [9.17, 15) is 5.11 Å². The van der Waals surface area contributed by atoms with Gasteiger partial charge in [-0.05, 0) is 58.0 Å². The molecule has 1 aromatic heterocycles. The number of aromatic hydroxyl groups is 1. The summed E-state index contributed by atoms with van der Waals surface area (Å²) in [7, 11) is 1.48. The van der Waals surface area contributed by atoms with E-state index in [1.54, 1.807) is 18.3 Å². The molecule has 134 valence electrons. The highest BCUT2D eigenvalue weighted by Crippen LogP contribution is 2.34. The van der Waals surface area contributed by atoms with E-state index >= 15 is 0 Å². The number of rotatable bonds is 6. The Morgan fingerprint density at radius 1 is 1.35 bits per heavy atom. The molecular weight excluding hydrogens is 420 g/mol. The van der Waals surface area contributed by atoms with Gasteiger partial charge in [0.2, 0.25) is 4.77 Å². The van der Waals surface area contributed by atoms with E-state index < -0.39 is 0 Å². The Labute approximate surface area is 163 Å². The van der Waals surface area contributed by atoms with Crippen molar-refractivity contribution in [2.24, 2.45) is 5.10 Å². The predicted octanol–water partition coefficient (Wildman–Crippen LogP) is 3.88. The number of hydrogen-bond acceptors (Lipinski definition) is 6. The molecule has 7 nitrogen and oxygen atoms in total. The monoisotopic (exact) mass is 434 g/mol. The van der Waals surface area contributed by atoms with Gasteiger partial charge in [-0.2, -0.15) is 14.9 Å². The maximum absolute atomic E-state index is 9.87. The second-order valence-corrected chi connectivity index (χ2v) is 6.40. The first-order valence-electron chi connectivity index (χ1n) is 7.53. The summed E-state index contributed by atoms with van der Waals surface area (Å²) in [5, 5.41) is 21.1. The Hall–Kier alpha value is -2.65. The zero-order valence-electron chi connectivity index (χ0n) is 13.7. The van der Waals surface area contributed by atoms with Gasteiger partial charge in [0.25, 0.3) is 0 Å². The van der Waals surface area contributed by atoms with Crippen molar-refractivity contribution < 1.29 is 14.6 Å². The van der Waals surface area contributed by atoms with Crippen LogP contribution in [0, 0.1) is 4.77 Å². The fourth-order valence-electron chi connectivity index (χ4n) is 2.15. The molecule has 0 fully saturated rings. The van der Waals surface area contributed by atoms with Crippen LogP contribution in [0.25, 0.3) is 0 Å². The topological polar surface area (TPSA) is 84.7 Å². The van der Waals surface area contributed by atoms with E-state index in [2.05, 4.69) is 31.2 Å². The molecule has 0 aliphatic rings. The Morgan fingerprint density at radius 2 is 2.12 bits per heavy atom. The molecule has 2 aromatic carbocycles. The summed E-state index contributed by atoms with van der Waals surface area (Å²) in [5.74, 6) is 1.62.